The molecule has 0 heterocycles. The smallest absolute Gasteiger partial charge is 0.305 e. The summed E-state index contributed by atoms with van der Waals surface area (Å²) >= 11 is 0. The van der Waals surface area contributed by atoms with Crippen LogP contribution in [0.3, 0.4) is 0 Å². The fourth-order valence-electron chi connectivity index (χ4n) is 12.2. The highest BCUT2D eigenvalue weighted by atomic mass is 16.5. The van der Waals surface area contributed by atoms with Gasteiger partial charge in [0.05, 0.1) is 25.4 Å². The Morgan fingerprint density at radius 2 is 0.581 bits per heavy atom. The number of hydrogen-bond donors (Lipinski definition) is 3. The fraction of sp³-hybridized carbons (Fsp3) is 0.875. The van der Waals surface area contributed by atoms with Crippen LogP contribution in [-0.4, -0.2) is 47.4 Å². The molecule has 1 amide bonds. The van der Waals surface area contributed by atoms with Crippen molar-refractivity contribution >= 4 is 11.9 Å². The number of hydrogen-bond acceptors (Lipinski definition) is 5. The molecule has 0 radical (unpaired) electrons. The van der Waals surface area contributed by atoms with Gasteiger partial charge in [0.1, 0.15) is 0 Å². The first kappa shape index (κ1) is 83.8. The Bertz CT molecular complexity index is 1440. The summed E-state index contributed by atoms with van der Waals surface area (Å²) in [5.41, 5.74) is 0. The molecule has 0 aliphatic carbocycles. The zero-order chi connectivity index (χ0) is 62.0. The average molecular weight is 1210 g/mol. The van der Waals surface area contributed by atoms with Crippen LogP contribution in [0.4, 0.5) is 0 Å². The van der Waals surface area contributed by atoms with Crippen molar-refractivity contribution < 1.29 is 24.5 Å². The maximum absolute atomic E-state index is 12.5. The third kappa shape index (κ3) is 70.9. The van der Waals surface area contributed by atoms with Gasteiger partial charge in [-0.15, -0.1) is 0 Å². The van der Waals surface area contributed by atoms with Crippen molar-refractivity contribution in [2.75, 3.05) is 13.2 Å². The van der Waals surface area contributed by atoms with E-state index in [0.717, 1.165) is 57.8 Å². The minimum Gasteiger partial charge on any atom is -0.466 e. The van der Waals surface area contributed by atoms with Gasteiger partial charge in [0.25, 0.3) is 0 Å². The van der Waals surface area contributed by atoms with E-state index in [1.165, 1.54) is 334 Å². The van der Waals surface area contributed by atoms with Crippen LogP contribution in [0.5, 0.6) is 0 Å². The lowest BCUT2D eigenvalue weighted by atomic mass is 10.0. The zero-order valence-electron chi connectivity index (χ0n) is 58.1. The number of rotatable bonds is 73. The molecule has 0 saturated carbocycles. The number of carbonyl (C=O) groups excluding carboxylic acids is 2. The summed E-state index contributed by atoms with van der Waals surface area (Å²) in [5, 5.41) is 23.4. The van der Waals surface area contributed by atoms with E-state index in [0.29, 0.717) is 25.9 Å². The number of aliphatic hydroxyl groups excluding tert-OH is 2. The van der Waals surface area contributed by atoms with Gasteiger partial charge < -0.3 is 20.3 Å². The molecule has 0 aromatic carbocycles. The molecule has 3 N–H and O–H groups in total. The van der Waals surface area contributed by atoms with Crippen LogP contribution in [0, 0.1) is 0 Å². The van der Waals surface area contributed by atoms with Crippen LogP contribution in [0.1, 0.15) is 425 Å². The van der Waals surface area contributed by atoms with E-state index in [9.17, 15) is 19.8 Å². The highest BCUT2D eigenvalue weighted by Gasteiger charge is 2.20. The fourth-order valence-corrected chi connectivity index (χ4v) is 12.2. The van der Waals surface area contributed by atoms with Crippen molar-refractivity contribution in [3.8, 4) is 0 Å². The van der Waals surface area contributed by atoms with E-state index < -0.39 is 12.1 Å². The second-order valence-corrected chi connectivity index (χ2v) is 26.7. The van der Waals surface area contributed by atoms with Crippen molar-refractivity contribution in [1.82, 2.24) is 5.32 Å². The first-order valence-corrected chi connectivity index (χ1v) is 38.9. The first-order chi connectivity index (χ1) is 42.5. The number of allylic oxidation sites excluding steroid dienone is 8. The zero-order valence-corrected chi connectivity index (χ0v) is 58.1. The van der Waals surface area contributed by atoms with Gasteiger partial charge >= 0.3 is 5.97 Å². The van der Waals surface area contributed by atoms with Gasteiger partial charge in [-0.25, -0.2) is 0 Å². The topological polar surface area (TPSA) is 95.9 Å². The minimum absolute atomic E-state index is 0.00651. The quantitative estimate of drug-likeness (QED) is 0.0320. The lowest BCUT2D eigenvalue weighted by Gasteiger charge is -2.22. The van der Waals surface area contributed by atoms with Crippen LogP contribution in [0.15, 0.2) is 48.6 Å². The molecule has 6 heteroatoms. The van der Waals surface area contributed by atoms with Crippen molar-refractivity contribution in [3.63, 3.8) is 0 Å². The Morgan fingerprint density at radius 3 is 0.907 bits per heavy atom. The molecule has 0 rings (SSSR count). The maximum Gasteiger partial charge on any atom is 0.305 e. The van der Waals surface area contributed by atoms with Crippen molar-refractivity contribution in [2.24, 2.45) is 0 Å². The van der Waals surface area contributed by atoms with Crippen LogP contribution in [-0.2, 0) is 14.3 Å². The van der Waals surface area contributed by atoms with Crippen molar-refractivity contribution in [2.45, 2.75) is 437 Å². The number of unbranched alkanes of at least 4 members (excludes halogenated alkanes) is 54. The molecule has 2 unspecified atom stereocenters. The van der Waals surface area contributed by atoms with Crippen LogP contribution in [0.2, 0.25) is 0 Å². The van der Waals surface area contributed by atoms with E-state index in [2.05, 4.69) is 67.8 Å². The van der Waals surface area contributed by atoms with Crippen LogP contribution in [0.25, 0.3) is 0 Å². The molecule has 0 aliphatic rings. The van der Waals surface area contributed by atoms with E-state index in [4.69, 9.17) is 4.74 Å². The van der Waals surface area contributed by atoms with E-state index in [1.807, 2.05) is 0 Å². The molecule has 0 fully saturated rings. The summed E-state index contributed by atoms with van der Waals surface area (Å²) in [6, 6.07) is -0.539. The number of amides is 1. The Hall–Kier alpha value is -2.18. The van der Waals surface area contributed by atoms with Gasteiger partial charge in [-0.3, -0.25) is 9.59 Å². The Morgan fingerprint density at radius 1 is 0.326 bits per heavy atom. The van der Waals surface area contributed by atoms with Gasteiger partial charge in [-0.1, -0.05) is 371 Å². The van der Waals surface area contributed by atoms with E-state index in [-0.39, 0.29) is 18.5 Å². The molecule has 0 saturated heterocycles. The molecular weight excluding hydrogens is 1050 g/mol. The van der Waals surface area contributed by atoms with Gasteiger partial charge in [-0.2, -0.15) is 0 Å². The molecule has 0 bridgehead atoms. The van der Waals surface area contributed by atoms with Crippen molar-refractivity contribution in [3.05, 3.63) is 48.6 Å². The largest absolute Gasteiger partial charge is 0.466 e. The molecule has 506 valence electrons. The Balaban J connectivity index is 3.35. The molecule has 0 aromatic rings. The SMILES string of the molecule is CCCCC/C=C\C/C=C\CCCCCCCC(=O)OCCCCCCCCCCCCCCCCC/C=C\C/C=C\CCCCCCCCCCCCCCCCCCCC(=O)NC(CO)C(O)CCCCCCCCCCCCCCCCC. The summed E-state index contributed by atoms with van der Waals surface area (Å²) in [7, 11) is 0. The highest BCUT2D eigenvalue weighted by molar-refractivity contribution is 5.76. The normalized spacial score (nSPS) is 12.7. The van der Waals surface area contributed by atoms with Gasteiger partial charge in [-0.05, 0) is 89.9 Å². The van der Waals surface area contributed by atoms with Crippen LogP contribution >= 0.6 is 0 Å². The van der Waals surface area contributed by atoms with Gasteiger partial charge in [0.2, 0.25) is 5.91 Å². The monoisotopic (exact) mass is 1210 g/mol. The van der Waals surface area contributed by atoms with Gasteiger partial charge in [0, 0.05) is 12.8 Å². The lowest BCUT2D eigenvalue weighted by Crippen LogP contribution is -2.45. The summed E-state index contributed by atoms with van der Waals surface area (Å²) < 4.78 is 5.49. The first-order valence-electron chi connectivity index (χ1n) is 38.9. The third-order valence-electron chi connectivity index (χ3n) is 18.1. The molecule has 6 nitrogen and oxygen atoms in total. The minimum atomic E-state index is -0.662. The summed E-state index contributed by atoms with van der Waals surface area (Å²) in [6.45, 7) is 4.95. The number of ether oxygens (including phenoxy) is 1. The van der Waals surface area contributed by atoms with E-state index in [1.54, 1.807) is 0 Å². The Labute approximate surface area is 537 Å². The summed E-state index contributed by atoms with van der Waals surface area (Å²) in [6.07, 6.45) is 99.2. The molecule has 0 spiro atoms. The average Bonchev–Trinajstić information content (AvgIpc) is 3.54. The van der Waals surface area contributed by atoms with E-state index >= 15 is 0 Å². The second kappa shape index (κ2) is 75.3. The molecule has 86 heavy (non-hydrogen) atoms. The maximum atomic E-state index is 12.5. The summed E-state index contributed by atoms with van der Waals surface area (Å²) in [4.78, 5) is 24.6. The lowest BCUT2D eigenvalue weighted by molar-refractivity contribution is -0.143. The second-order valence-electron chi connectivity index (χ2n) is 26.7. The number of carbonyl (C=O) groups is 2. The standard InChI is InChI=1S/C80H151NO5/c1-3-5-7-9-11-13-15-17-44-48-52-56-60-64-68-72-78(83)77(76-82)81-79(84)73-69-65-61-57-53-49-46-42-40-38-36-34-32-30-28-26-24-22-20-19-21-23-25-27-29-31-33-35-37-39-41-43-47-51-55-59-63-67-71-75-86-80(85)74-70-66-62-58-54-50-45-18-16-14-12-10-8-6-4-2/h12,14,18-20,23,25,45,77-78,82-83H,3-11,13,15-17,21-22,24,26-44,46-76H2,1-2H3,(H,81,84)/b14-12-,20-19-,25-23-,45-18-. The highest BCUT2D eigenvalue weighted by Crippen LogP contribution is 2.19. The number of esters is 1. The Kier molecular flexibility index (Phi) is 73.4. The molecular formula is C80H151NO5. The number of aliphatic hydroxyl groups is 2. The molecule has 0 aromatic heterocycles. The van der Waals surface area contributed by atoms with Crippen LogP contribution < -0.4 is 5.32 Å². The predicted octanol–water partition coefficient (Wildman–Crippen LogP) is 25.6. The van der Waals surface area contributed by atoms with Gasteiger partial charge in [0.15, 0.2) is 0 Å². The number of nitrogens with one attached hydrogen (secondary N) is 1. The predicted molar refractivity (Wildman–Crippen MR) is 379 cm³/mol. The van der Waals surface area contributed by atoms with Crippen molar-refractivity contribution in [1.29, 1.82) is 0 Å². The third-order valence-corrected chi connectivity index (χ3v) is 18.1. The molecule has 0 aliphatic heterocycles. The summed E-state index contributed by atoms with van der Waals surface area (Å²) in [5.74, 6) is -0.0225. The molecule has 2 atom stereocenters.